The molecular weight excluding hydrogens is 391 g/mol. The third kappa shape index (κ3) is 4.73. The number of aromatic nitrogens is 2. The van der Waals surface area contributed by atoms with Gasteiger partial charge in [-0.25, -0.2) is 14.4 Å². The number of ketones is 1. The number of carbonyl (C=O) groups excluding carboxylic acids is 1. The molecule has 0 N–H and O–H groups in total. The van der Waals surface area contributed by atoms with Crippen molar-refractivity contribution in [2.45, 2.75) is 6.92 Å². The molecule has 0 spiro atoms. The summed E-state index contributed by atoms with van der Waals surface area (Å²) in [6.45, 7) is 1.98. The van der Waals surface area contributed by atoms with Gasteiger partial charge in [-0.15, -0.1) is 0 Å². The molecule has 152 valence electrons. The van der Waals surface area contributed by atoms with E-state index in [9.17, 15) is 9.18 Å². The molecule has 0 atom stereocenters. The molecule has 0 aliphatic heterocycles. The summed E-state index contributed by atoms with van der Waals surface area (Å²) in [7, 11) is 0. The highest BCUT2D eigenvalue weighted by atomic mass is 19.1. The third-order valence-electron chi connectivity index (χ3n) is 4.72. The molecule has 0 saturated carbocycles. The fraction of sp³-hybridized carbons (Fsp3) is 0.0385. The van der Waals surface area contributed by atoms with Crippen molar-refractivity contribution in [2.75, 3.05) is 0 Å². The maximum atomic E-state index is 13.7. The average molecular weight is 410 g/mol. The van der Waals surface area contributed by atoms with E-state index < -0.39 is 0 Å². The Labute approximate surface area is 179 Å². The fourth-order valence-electron chi connectivity index (χ4n) is 3.12. The molecule has 1 heterocycles. The van der Waals surface area contributed by atoms with Crippen molar-refractivity contribution in [1.82, 2.24) is 9.97 Å². The van der Waals surface area contributed by atoms with Gasteiger partial charge in [-0.1, -0.05) is 48.5 Å². The van der Waals surface area contributed by atoms with Crippen LogP contribution in [-0.4, -0.2) is 15.8 Å². The summed E-state index contributed by atoms with van der Waals surface area (Å²) in [6, 6.07) is 19.5. The summed E-state index contributed by atoms with van der Waals surface area (Å²) in [4.78, 5) is 20.8. The Morgan fingerprint density at radius 1 is 0.871 bits per heavy atom. The van der Waals surface area contributed by atoms with Gasteiger partial charge in [0.25, 0.3) is 0 Å². The van der Waals surface area contributed by atoms with Gasteiger partial charge in [0.15, 0.2) is 5.78 Å². The van der Waals surface area contributed by atoms with Crippen LogP contribution in [0.3, 0.4) is 0 Å². The van der Waals surface area contributed by atoms with Crippen LogP contribution in [0.2, 0.25) is 0 Å². The number of nitrogens with zero attached hydrogens (tertiary/aromatic N) is 2. The Morgan fingerprint density at radius 3 is 2.39 bits per heavy atom. The highest BCUT2D eigenvalue weighted by molar-refractivity contribution is 6.04. The van der Waals surface area contributed by atoms with Crippen molar-refractivity contribution >= 4 is 28.8 Å². The average Bonchev–Trinajstić information content (AvgIpc) is 2.79. The largest absolute Gasteiger partial charge is 0.438 e. The van der Waals surface area contributed by atoms with E-state index in [-0.39, 0.29) is 11.6 Å². The maximum Gasteiger partial charge on any atom is 0.230 e. The molecule has 0 aliphatic rings. The summed E-state index contributed by atoms with van der Waals surface area (Å²) in [5, 5.41) is 0.810. The fourth-order valence-corrected chi connectivity index (χ4v) is 3.12. The molecule has 3 aromatic carbocycles. The normalized spacial score (nSPS) is 11.4. The molecule has 4 rings (SSSR count). The molecule has 0 fully saturated rings. The summed E-state index contributed by atoms with van der Waals surface area (Å²) in [5.41, 5.74) is 2.94. The van der Waals surface area contributed by atoms with Gasteiger partial charge in [0.05, 0.1) is 10.9 Å². The first-order valence-electron chi connectivity index (χ1n) is 9.74. The van der Waals surface area contributed by atoms with E-state index in [1.807, 2.05) is 49.4 Å². The van der Waals surface area contributed by atoms with Gasteiger partial charge in [0, 0.05) is 11.1 Å². The van der Waals surface area contributed by atoms with Gasteiger partial charge in [0.2, 0.25) is 5.88 Å². The second kappa shape index (κ2) is 9.13. The second-order valence-electron chi connectivity index (χ2n) is 6.88. The summed E-state index contributed by atoms with van der Waals surface area (Å²) in [5.74, 6) is 0.370. The molecule has 5 heteroatoms. The minimum atomic E-state index is -0.374. The van der Waals surface area contributed by atoms with E-state index in [4.69, 9.17) is 4.74 Å². The van der Waals surface area contributed by atoms with Crippen LogP contribution in [0.5, 0.6) is 11.6 Å². The lowest BCUT2D eigenvalue weighted by Gasteiger charge is -2.10. The van der Waals surface area contributed by atoms with Gasteiger partial charge in [-0.3, -0.25) is 4.79 Å². The lowest BCUT2D eigenvalue weighted by Crippen LogP contribution is -1.94. The van der Waals surface area contributed by atoms with E-state index in [1.54, 1.807) is 24.3 Å². The summed E-state index contributed by atoms with van der Waals surface area (Å²) >= 11 is 0. The number of para-hydroxylation sites is 2. The highest BCUT2D eigenvalue weighted by Gasteiger charge is 2.09. The van der Waals surface area contributed by atoms with Crippen LogP contribution in [0, 0.1) is 12.7 Å². The lowest BCUT2D eigenvalue weighted by atomic mass is 10.1. The Hall–Kier alpha value is -4.12. The number of hydrogen-bond acceptors (Lipinski definition) is 4. The van der Waals surface area contributed by atoms with E-state index in [0.29, 0.717) is 17.2 Å². The molecular formula is C26H19FN2O2. The van der Waals surface area contributed by atoms with Crippen molar-refractivity contribution in [2.24, 2.45) is 0 Å². The van der Waals surface area contributed by atoms with Crippen molar-refractivity contribution in [3.63, 3.8) is 0 Å². The smallest absolute Gasteiger partial charge is 0.230 e. The van der Waals surface area contributed by atoms with Crippen LogP contribution in [-0.2, 0) is 4.79 Å². The number of carbonyl (C=O) groups is 1. The van der Waals surface area contributed by atoms with Gasteiger partial charge in [-0.05, 0) is 55.0 Å². The summed E-state index contributed by atoms with van der Waals surface area (Å²) in [6.07, 6.45) is 7.35. The molecule has 1 aromatic heterocycles. The Kier molecular flexibility index (Phi) is 5.94. The second-order valence-corrected chi connectivity index (χ2v) is 6.88. The van der Waals surface area contributed by atoms with Crippen LogP contribution in [0.25, 0.3) is 23.1 Å². The number of rotatable bonds is 6. The van der Waals surface area contributed by atoms with Crippen LogP contribution < -0.4 is 4.74 Å². The number of hydrogen-bond donors (Lipinski definition) is 0. The predicted molar refractivity (Wildman–Crippen MR) is 120 cm³/mol. The number of ether oxygens (including phenoxy) is 1. The SMILES string of the molecule is Cc1cccc2c(Oc3ccccc3/C=C/C(=O)/C=C/c3ccccc3F)ncnc12. The topological polar surface area (TPSA) is 52.1 Å². The predicted octanol–water partition coefficient (Wildman–Crippen LogP) is 6.17. The monoisotopic (exact) mass is 410 g/mol. The zero-order valence-electron chi connectivity index (χ0n) is 16.8. The first-order valence-corrected chi connectivity index (χ1v) is 9.74. The number of halogens is 1. The zero-order valence-corrected chi connectivity index (χ0v) is 16.8. The van der Waals surface area contributed by atoms with Crippen LogP contribution in [0.15, 0.2) is 85.2 Å². The Balaban J connectivity index is 1.56. The van der Waals surface area contributed by atoms with Crippen LogP contribution in [0.1, 0.15) is 16.7 Å². The zero-order chi connectivity index (χ0) is 21.6. The maximum absolute atomic E-state index is 13.7. The van der Waals surface area contributed by atoms with E-state index in [0.717, 1.165) is 22.0 Å². The molecule has 0 radical (unpaired) electrons. The highest BCUT2D eigenvalue weighted by Crippen LogP contribution is 2.30. The van der Waals surface area contributed by atoms with Crippen LogP contribution in [0.4, 0.5) is 4.39 Å². The van der Waals surface area contributed by atoms with Crippen LogP contribution >= 0.6 is 0 Å². The number of benzene rings is 3. The summed E-state index contributed by atoms with van der Waals surface area (Å²) < 4.78 is 19.8. The van der Waals surface area contributed by atoms with E-state index >= 15 is 0 Å². The van der Waals surface area contributed by atoms with E-state index in [1.165, 1.54) is 30.6 Å². The first-order chi connectivity index (χ1) is 15.1. The molecule has 0 aliphatic carbocycles. The van der Waals surface area contributed by atoms with Crippen molar-refractivity contribution in [3.05, 3.63) is 108 Å². The number of fused-ring (bicyclic) bond motifs is 1. The molecule has 31 heavy (non-hydrogen) atoms. The number of allylic oxidation sites excluding steroid dienone is 2. The van der Waals surface area contributed by atoms with Gasteiger partial charge < -0.3 is 4.74 Å². The van der Waals surface area contributed by atoms with Crippen molar-refractivity contribution in [1.29, 1.82) is 0 Å². The van der Waals surface area contributed by atoms with E-state index in [2.05, 4.69) is 9.97 Å². The molecule has 4 aromatic rings. The van der Waals surface area contributed by atoms with Gasteiger partial charge in [-0.2, -0.15) is 0 Å². The molecule has 0 saturated heterocycles. The lowest BCUT2D eigenvalue weighted by molar-refractivity contribution is -0.110. The Bertz CT molecular complexity index is 1310. The quantitative estimate of drug-likeness (QED) is 0.357. The molecule has 0 amide bonds. The standard InChI is InChI=1S/C26H19FN2O2/c1-18-7-6-10-22-25(18)28-17-29-26(22)31-24-12-5-3-9-20(24)14-16-21(30)15-13-19-8-2-4-11-23(19)27/h2-17H,1H3/b15-13+,16-14+. The minimum absolute atomic E-state index is 0.263. The first kappa shape index (κ1) is 20.2. The minimum Gasteiger partial charge on any atom is -0.438 e. The molecule has 0 unspecified atom stereocenters. The Morgan fingerprint density at radius 2 is 1.58 bits per heavy atom. The van der Waals surface area contributed by atoms with Crippen molar-refractivity contribution in [3.8, 4) is 11.6 Å². The number of aryl methyl sites for hydroxylation is 1. The molecule has 4 nitrogen and oxygen atoms in total. The molecule has 0 bridgehead atoms. The van der Waals surface area contributed by atoms with Gasteiger partial charge >= 0.3 is 0 Å². The van der Waals surface area contributed by atoms with Crippen molar-refractivity contribution < 1.29 is 13.9 Å². The third-order valence-corrected chi connectivity index (χ3v) is 4.72. The van der Waals surface area contributed by atoms with Gasteiger partial charge in [0.1, 0.15) is 17.9 Å².